The van der Waals surface area contributed by atoms with Crippen LogP contribution >= 0.6 is 11.3 Å². The molecule has 1 saturated heterocycles. The first-order valence-electron chi connectivity index (χ1n) is 6.58. The molecule has 0 radical (unpaired) electrons. The third-order valence-corrected chi connectivity index (χ3v) is 5.02. The fourth-order valence-electron chi connectivity index (χ4n) is 2.52. The number of allylic oxidation sites excluding steroid dienone is 1. The van der Waals surface area contributed by atoms with Crippen molar-refractivity contribution in [3.8, 4) is 0 Å². The largest absolute Gasteiger partial charge is 0.381 e. The number of fused-ring (bicyclic) bond motifs is 1. The van der Waals surface area contributed by atoms with Gasteiger partial charge in [0.15, 0.2) is 0 Å². The maximum absolute atomic E-state index is 5.42. The van der Waals surface area contributed by atoms with Crippen molar-refractivity contribution in [2.24, 2.45) is 5.92 Å². The van der Waals surface area contributed by atoms with Crippen molar-refractivity contribution in [2.45, 2.75) is 38.5 Å². The Balaban J connectivity index is 1.83. The molecule has 0 spiro atoms. The monoisotopic (exact) mass is 249 g/mol. The highest BCUT2D eigenvalue weighted by Crippen LogP contribution is 2.34. The Morgan fingerprint density at radius 3 is 2.94 bits per heavy atom. The lowest BCUT2D eigenvalue weighted by Gasteiger charge is -2.19. The van der Waals surface area contributed by atoms with Gasteiger partial charge in [-0.1, -0.05) is 13.0 Å². The number of hydrogen-bond donors (Lipinski definition) is 0. The molecule has 3 heteroatoms. The molecule has 0 aromatic carbocycles. The van der Waals surface area contributed by atoms with Crippen LogP contribution in [0, 0.1) is 5.92 Å². The van der Waals surface area contributed by atoms with Gasteiger partial charge in [-0.3, -0.25) is 0 Å². The molecule has 2 aliphatic rings. The average Bonchev–Trinajstić information content (AvgIpc) is 2.71. The number of aromatic nitrogens is 1. The Morgan fingerprint density at radius 2 is 2.12 bits per heavy atom. The maximum Gasteiger partial charge on any atom is 0.0967 e. The first-order chi connectivity index (χ1) is 8.33. The molecule has 2 heterocycles. The van der Waals surface area contributed by atoms with Gasteiger partial charge in [0.25, 0.3) is 0 Å². The standard InChI is InChI=1S/C14H19NOS/c1-10-2-4-12-13(5-3-10)17-14(15-12)11-6-8-16-9-7-11/h2,4,10-11H,3,5-9H2,1H3/t10-/m1/s1. The van der Waals surface area contributed by atoms with Crippen LogP contribution < -0.4 is 0 Å². The summed E-state index contributed by atoms with van der Waals surface area (Å²) in [6, 6.07) is 0. The second kappa shape index (κ2) is 4.91. The second-order valence-corrected chi connectivity index (χ2v) is 6.24. The molecule has 0 bridgehead atoms. The predicted octanol–water partition coefficient (Wildman–Crippen LogP) is 3.63. The highest BCUT2D eigenvalue weighted by molar-refractivity contribution is 7.11. The molecule has 0 N–H and O–H groups in total. The zero-order valence-corrected chi connectivity index (χ0v) is 11.1. The minimum Gasteiger partial charge on any atom is -0.381 e. The van der Waals surface area contributed by atoms with Crippen molar-refractivity contribution in [3.05, 3.63) is 21.7 Å². The van der Waals surface area contributed by atoms with E-state index in [0.717, 1.165) is 26.1 Å². The minimum absolute atomic E-state index is 0.645. The highest BCUT2D eigenvalue weighted by atomic mass is 32.1. The van der Waals surface area contributed by atoms with E-state index in [2.05, 4.69) is 19.1 Å². The van der Waals surface area contributed by atoms with Gasteiger partial charge < -0.3 is 4.74 Å². The molecule has 1 atom stereocenters. The molecule has 0 amide bonds. The van der Waals surface area contributed by atoms with Crippen LogP contribution in [0.25, 0.3) is 6.08 Å². The van der Waals surface area contributed by atoms with Crippen LogP contribution in [0.4, 0.5) is 0 Å². The molecule has 92 valence electrons. The smallest absolute Gasteiger partial charge is 0.0967 e. The Hall–Kier alpha value is -0.670. The van der Waals surface area contributed by atoms with Gasteiger partial charge in [0, 0.05) is 24.0 Å². The molecule has 1 aliphatic carbocycles. The van der Waals surface area contributed by atoms with E-state index in [1.807, 2.05) is 11.3 Å². The molecular formula is C14H19NOS. The van der Waals surface area contributed by atoms with Crippen molar-refractivity contribution in [2.75, 3.05) is 13.2 Å². The van der Waals surface area contributed by atoms with Crippen molar-refractivity contribution in [1.29, 1.82) is 0 Å². The van der Waals surface area contributed by atoms with E-state index in [9.17, 15) is 0 Å². The maximum atomic E-state index is 5.42. The Kier molecular flexibility index (Phi) is 3.30. The van der Waals surface area contributed by atoms with Crippen LogP contribution in [0.2, 0.25) is 0 Å². The molecule has 1 fully saturated rings. The lowest BCUT2D eigenvalue weighted by atomic mass is 10.0. The molecule has 0 saturated carbocycles. The van der Waals surface area contributed by atoms with Gasteiger partial charge >= 0.3 is 0 Å². The van der Waals surface area contributed by atoms with Crippen molar-refractivity contribution in [3.63, 3.8) is 0 Å². The topological polar surface area (TPSA) is 22.1 Å². The van der Waals surface area contributed by atoms with Gasteiger partial charge in [-0.05, 0) is 37.7 Å². The molecular weight excluding hydrogens is 230 g/mol. The van der Waals surface area contributed by atoms with Crippen LogP contribution in [0.3, 0.4) is 0 Å². The summed E-state index contributed by atoms with van der Waals surface area (Å²) in [7, 11) is 0. The average molecular weight is 249 g/mol. The number of rotatable bonds is 1. The first kappa shape index (κ1) is 11.4. The number of ether oxygens (including phenoxy) is 1. The summed E-state index contributed by atoms with van der Waals surface area (Å²) < 4.78 is 5.42. The van der Waals surface area contributed by atoms with E-state index in [0.29, 0.717) is 11.8 Å². The van der Waals surface area contributed by atoms with E-state index < -0.39 is 0 Å². The number of thiazole rings is 1. The summed E-state index contributed by atoms with van der Waals surface area (Å²) in [5, 5.41) is 1.34. The number of nitrogens with zero attached hydrogens (tertiary/aromatic N) is 1. The molecule has 1 aromatic heterocycles. The van der Waals surface area contributed by atoms with Crippen LogP contribution in [0.1, 0.15) is 47.7 Å². The van der Waals surface area contributed by atoms with E-state index in [-0.39, 0.29) is 0 Å². The predicted molar refractivity (Wildman–Crippen MR) is 71.4 cm³/mol. The third-order valence-electron chi connectivity index (χ3n) is 3.72. The molecule has 17 heavy (non-hydrogen) atoms. The zero-order chi connectivity index (χ0) is 11.7. The van der Waals surface area contributed by atoms with E-state index >= 15 is 0 Å². The number of aryl methyl sites for hydroxylation is 1. The van der Waals surface area contributed by atoms with Crippen molar-refractivity contribution >= 4 is 17.4 Å². The highest BCUT2D eigenvalue weighted by Gasteiger charge is 2.21. The van der Waals surface area contributed by atoms with Crippen molar-refractivity contribution in [1.82, 2.24) is 4.98 Å². The van der Waals surface area contributed by atoms with Crippen LogP contribution in [0.15, 0.2) is 6.08 Å². The van der Waals surface area contributed by atoms with Gasteiger partial charge in [-0.15, -0.1) is 11.3 Å². The fraction of sp³-hybridized carbons (Fsp3) is 0.643. The molecule has 1 aliphatic heterocycles. The lowest BCUT2D eigenvalue weighted by molar-refractivity contribution is 0.0853. The Labute approximate surface area is 107 Å². The summed E-state index contributed by atoms with van der Waals surface area (Å²) in [5.74, 6) is 1.34. The summed E-state index contributed by atoms with van der Waals surface area (Å²) in [6.07, 6.45) is 9.29. The third kappa shape index (κ3) is 2.45. The normalized spacial score (nSPS) is 25.6. The zero-order valence-electron chi connectivity index (χ0n) is 10.3. The lowest BCUT2D eigenvalue weighted by Crippen LogP contribution is -2.13. The van der Waals surface area contributed by atoms with E-state index in [1.54, 1.807) is 0 Å². The van der Waals surface area contributed by atoms with Crippen molar-refractivity contribution < 1.29 is 4.74 Å². The summed E-state index contributed by atoms with van der Waals surface area (Å²) >= 11 is 1.94. The van der Waals surface area contributed by atoms with Gasteiger partial charge in [0.2, 0.25) is 0 Å². The van der Waals surface area contributed by atoms with Crippen LogP contribution in [-0.4, -0.2) is 18.2 Å². The van der Waals surface area contributed by atoms with Crippen LogP contribution in [0.5, 0.6) is 0 Å². The molecule has 0 unspecified atom stereocenters. The second-order valence-electron chi connectivity index (χ2n) is 5.12. The Morgan fingerprint density at radius 1 is 1.29 bits per heavy atom. The Bertz CT molecular complexity index is 418. The fourth-order valence-corrected chi connectivity index (χ4v) is 3.76. The van der Waals surface area contributed by atoms with E-state index in [4.69, 9.17) is 9.72 Å². The minimum atomic E-state index is 0.645. The molecule has 2 nitrogen and oxygen atoms in total. The molecule has 3 rings (SSSR count). The summed E-state index contributed by atoms with van der Waals surface area (Å²) in [4.78, 5) is 6.34. The summed E-state index contributed by atoms with van der Waals surface area (Å²) in [5.41, 5.74) is 1.24. The van der Waals surface area contributed by atoms with Crippen LogP contribution in [-0.2, 0) is 11.2 Å². The van der Waals surface area contributed by atoms with E-state index in [1.165, 1.54) is 28.4 Å². The van der Waals surface area contributed by atoms with Gasteiger partial charge in [0.1, 0.15) is 0 Å². The first-order valence-corrected chi connectivity index (χ1v) is 7.40. The summed E-state index contributed by atoms with van der Waals surface area (Å²) in [6.45, 7) is 4.09. The van der Waals surface area contributed by atoms with Gasteiger partial charge in [0.05, 0.1) is 10.7 Å². The van der Waals surface area contributed by atoms with Gasteiger partial charge in [-0.25, -0.2) is 4.98 Å². The quantitative estimate of drug-likeness (QED) is 0.758. The number of hydrogen-bond acceptors (Lipinski definition) is 3. The SMILES string of the molecule is C[C@@H]1C=Cc2nc(C3CCOCC3)sc2CC1. The van der Waals surface area contributed by atoms with Gasteiger partial charge in [-0.2, -0.15) is 0 Å². The molecule has 1 aromatic rings.